The summed E-state index contributed by atoms with van der Waals surface area (Å²) in [7, 11) is 1.61. The molecule has 0 aliphatic carbocycles. The van der Waals surface area contributed by atoms with E-state index >= 15 is 0 Å². The highest BCUT2D eigenvalue weighted by molar-refractivity contribution is 5.33. The number of methoxy groups -OCH3 is 1. The van der Waals surface area contributed by atoms with Crippen LogP contribution in [0.25, 0.3) is 0 Å². The zero-order valence-corrected chi connectivity index (χ0v) is 12.2. The molecule has 0 aliphatic rings. The molecule has 1 aromatic heterocycles. The quantitative estimate of drug-likeness (QED) is 0.840. The second-order valence-electron chi connectivity index (χ2n) is 4.54. The third-order valence-corrected chi connectivity index (χ3v) is 3.10. The summed E-state index contributed by atoms with van der Waals surface area (Å²) in [6.07, 6.45) is 0.467. The predicted molar refractivity (Wildman–Crippen MR) is 80.4 cm³/mol. The second kappa shape index (κ2) is 6.90. The molecule has 2 aromatic rings. The second-order valence-corrected chi connectivity index (χ2v) is 4.54. The van der Waals surface area contributed by atoms with Crippen LogP contribution in [0.15, 0.2) is 29.1 Å². The number of hydrogen-bond donors (Lipinski definition) is 2. The van der Waals surface area contributed by atoms with Gasteiger partial charge in [0.25, 0.3) is 5.56 Å². The van der Waals surface area contributed by atoms with Crippen LogP contribution < -0.4 is 16.0 Å². The van der Waals surface area contributed by atoms with Gasteiger partial charge in [-0.1, -0.05) is 12.1 Å². The zero-order valence-electron chi connectivity index (χ0n) is 12.2. The highest BCUT2D eigenvalue weighted by Crippen LogP contribution is 2.15. The summed E-state index contributed by atoms with van der Waals surface area (Å²) in [4.78, 5) is 18.8. The van der Waals surface area contributed by atoms with Gasteiger partial charge in [0.15, 0.2) is 0 Å². The molecule has 0 aliphatic heterocycles. The molecule has 0 amide bonds. The van der Waals surface area contributed by atoms with Crippen LogP contribution in [-0.4, -0.2) is 23.7 Å². The number of anilines is 1. The zero-order chi connectivity index (χ0) is 15.2. The summed E-state index contributed by atoms with van der Waals surface area (Å²) in [5.41, 5.74) is 7.50. The van der Waals surface area contributed by atoms with Crippen molar-refractivity contribution in [3.05, 3.63) is 51.4 Å². The Bertz CT molecular complexity index is 650. The largest absolute Gasteiger partial charge is 0.497 e. The van der Waals surface area contributed by atoms with Crippen molar-refractivity contribution in [2.75, 3.05) is 19.5 Å². The first kappa shape index (κ1) is 15.1. The van der Waals surface area contributed by atoms with Gasteiger partial charge in [-0.15, -0.1) is 0 Å². The number of nitrogens with one attached hydrogen (secondary N) is 1. The molecule has 21 heavy (non-hydrogen) atoms. The van der Waals surface area contributed by atoms with E-state index in [0.29, 0.717) is 24.3 Å². The highest BCUT2D eigenvalue weighted by Gasteiger charge is 2.11. The van der Waals surface area contributed by atoms with Crippen LogP contribution >= 0.6 is 0 Å². The molecule has 0 spiro atoms. The number of rotatable bonds is 6. The molecule has 112 valence electrons. The number of nitrogens with two attached hydrogens (primary N) is 1. The fourth-order valence-corrected chi connectivity index (χ4v) is 2.01. The Morgan fingerprint density at radius 1 is 1.29 bits per heavy atom. The number of hydrogen-bond acceptors (Lipinski definition) is 5. The van der Waals surface area contributed by atoms with Crippen molar-refractivity contribution in [3.63, 3.8) is 0 Å². The van der Waals surface area contributed by atoms with Crippen LogP contribution in [0.2, 0.25) is 0 Å². The van der Waals surface area contributed by atoms with E-state index in [1.54, 1.807) is 7.11 Å². The van der Waals surface area contributed by atoms with Crippen LogP contribution in [0.1, 0.15) is 23.7 Å². The van der Waals surface area contributed by atoms with E-state index in [4.69, 9.17) is 15.2 Å². The summed E-state index contributed by atoms with van der Waals surface area (Å²) in [5.74, 6) is 0.880. The van der Waals surface area contributed by atoms with Crippen LogP contribution in [0.4, 0.5) is 5.95 Å². The first-order valence-corrected chi connectivity index (χ1v) is 6.72. The Balaban J connectivity index is 2.30. The van der Waals surface area contributed by atoms with Crippen molar-refractivity contribution in [2.45, 2.75) is 20.0 Å². The molecule has 0 unspecified atom stereocenters. The van der Waals surface area contributed by atoms with E-state index in [9.17, 15) is 4.79 Å². The van der Waals surface area contributed by atoms with Crippen LogP contribution in [0.5, 0.6) is 5.75 Å². The lowest BCUT2D eigenvalue weighted by Gasteiger charge is -2.09. The number of nitrogen functional groups attached to an aromatic ring is 1. The van der Waals surface area contributed by atoms with Crippen molar-refractivity contribution in [2.24, 2.45) is 0 Å². The third-order valence-electron chi connectivity index (χ3n) is 3.10. The van der Waals surface area contributed by atoms with Gasteiger partial charge in [0.2, 0.25) is 5.95 Å². The van der Waals surface area contributed by atoms with Crippen molar-refractivity contribution in [3.8, 4) is 5.75 Å². The topological polar surface area (TPSA) is 90.2 Å². The number of aromatic nitrogens is 2. The van der Waals surface area contributed by atoms with Gasteiger partial charge in [-0.25, -0.2) is 4.98 Å². The molecule has 6 heteroatoms. The minimum atomic E-state index is -0.229. The molecule has 2 rings (SSSR count). The first-order chi connectivity index (χ1) is 10.1. The molecular formula is C15H19N3O3. The van der Waals surface area contributed by atoms with Crippen molar-refractivity contribution in [1.29, 1.82) is 0 Å². The molecule has 6 nitrogen and oxygen atoms in total. The van der Waals surface area contributed by atoms with Gasteiger partial charge in [0.1, 0.15) is 5.75 Å². The third kappa shape index (κ3) is 3.82. The minimum Gasteiger partial charge on any atom is -0.497 e. The summed E-state index contributed by atoms with van der Waals surface area (Å²) >= 11 is 0. The van der Waals surface area contributed by atoms with E-state index in [2.05, 4.69) is 9.97 Å². The highest BCUT2D eigenvalue weighted by atomic mass is 16.5. The lowest BCUT2D eigenvalue weighted by Crippen LogP contribution is -2.20. The maximum Gasteiger partial charge on any atom is 0.256 e. The summed E-state index contributed by atoms with van der Waals surface area (Å²) in [6.45, 7) is 2.71. The van der Waals surface area contributed by atoms with E-state index < -0.39 is 0 Å². The normalized spacial score (nSPS) is 10.6. The van der Waals surface area contributed by atoms with Gasteiger partial charge in [0.05, 0.1) is 19.4 Å². The number of nitrogens with zero attached hydrogens (tertiary/aromatic N) is 1. The van der Waals surface area contributed by atoms with Gasteiger partial charge in [-0.05, 0) is 24.6 Å². The summed E-state index contributed by atoms with van der Waals surface area (Å²) in [6, 6.07) is 7.55. The lowest BCUT2D eigenvalue weighted by atomic mass is 10.0. The molecule has 3 N–H and O–H groups in total. The summed E-state index contributed by atoms with van der Waals surface area (Å²) in [5, 5.41) is 0. The van der Waals surface area contributed by atoms with E-state index in [0.717, 1.165) is 11.3 Å². The SMILES string of the molecule is CCOCc1nc(N)[nH]c(=O)c1Cc1ccc(OC)cc1. The lowest BCUT2D eigenvalue weighted by molar-refractivity contribution is 0.130. The number of aromatic amines is 1. The Morgan fingerprint density at radius 3 is 2.62 bits per heavy atom. The van der Waals surface area contributed by atoms with Crippen molar-refractivity contribution < 1.29 is 9.47 Å². The maximum atomic E-state index is 12.1. The molecule has 0 radical (unpaired) electrons. The Morgan fingerprint density at radius 2 is 2.00 bits per heavy atom. The molecule has 0 fully saturated rings. The number of H-pyrrole nitrogens is 1. The summed E-state index contributed by atoms with van der Waals surface area (Å²) < 4.78 is 10.5. The molecule has 0 saturated carbocycles. The molecule has 1 heterocycles. The van der Waals surface area contributed by atoms with Gasteiger partial charge < -0.3 is 15.2 Å². The van der Waals surface area contributed by atoms with Gasteiger partial charge in [-0.2, -0.15) is 0 Å². The molecule has 1 aromatic carbocycles. The number of ether oxygens (including phenoxy) is 2. The number of benzene rings is 1. The van der Waals surface area contributed by atoms with Gasteiger partial charge in [0, 0.05) is 18.6 Å². The Kier molecular flexibility index (Phi) is 4.94. The van der Waals surface area contributed by atoms with Crippen LogP contribution in [-0.2, 0) is 17.8 Å². The van der Waals surface area contributed by atoms with Crippen LogP contribution in [0, 0.1) is 0 Å². The van der Waals surface area contributed by atoms with Gasteiger partial charge in [-0.3, -0.25) is 9.78 Å². The van der Waals surface area contributed by atoms with Gasteiger partial charge >= 0.3 is 0 Å². The van der Waals surface area contributed by atoms with E-state index in [1.807, 2.05) is 31.2 Å². The molecule has 0 bridgehead atoms. The smallest absolute Gasteiger partial charge is 0.256 e. The predicted octanol–water partition coefficient (Wildman–Crippen LogP) is 1.49. The van der Waals surface area contributed by atoms with Crippen LogP contribution in [0.3, 0.4) is 0 Å². The molecule has 0 atom stereocenters. The van der Waals surface area contributed by atoms with E-state index in [-0.39, 0.29) is 18.1 Å². The monoisotopic (exact) mass is 289 g/mol. The molecular weight excluding hydrogens is 270 g/mol. The Hall–Kier alpha value is -2.34. The Labute approximate surface area is 122 Å². The minimum absolute atomic E-state index is 0.105. The average molecular weight is 289 g/mol. The molecule has 0 saturated heterocycles. The first-order valence-electron chi connectivity index (χ1n) is 6.72. The maximum absolute atomic E-state index is 12.1. The van der Waals surface area contributed by atoms with E-state index in [1.165, 1.54) is 0 Å². The standard InChI is InChI=1S/C15H19N3O3/c1-3-21-9-13-12(14(19)18-15(16)17-13)8-10-4-6-11(20-2)7-5-10/h4-7H,3,8-9H2,1-2H3,(H3,16,17,18,19). The fraction of sp³-hybridized carbons (Fsp3) is 0.333. The average Bonchev–Trinajstić information content (AvgIpc) is 2.48. The van der Waals surface area contributed by atoms with Crippen molar-refractivity contribution >= 4 is 5.95 Å². The fourth-order valence-electron chi connectivity index (χ4n) is 2.01. The van der Waals surface area contributed by atoms with Crippen molar-refractivity contribution in [1.82, 2.24) is 9.97 Å².